The number of benzene rings is 2. The zero-order chi connectivity index (χ0) is 14.8. The standard InChI is InChI=1S/C15H12ClN3O2/c16-10-7-9(5-6-13(10)20)15(21)17-8-14-18-11-3-1-2-4-12(11)19-14/h1-7,20H,8H2,(H,17,21)(H,18,19). The van der Waals surface area contributed by atoms with Crippen molar-refractivity contribution < 1.29 is 9.90 Å². The molecule has 0 aliphatic carbocycles. The van der Waals surface area contributed by atoms with Crippen LogP contribution in [0.4, 0.5) is 0 Å². The Morgan fingerprint density at radius 2 is 2.10 bits per heavy atom. The van der Waals surface area contributed by atoms with Gasteiger partial charge in [-0.1, -0.05) is 23.7 Å². The maximum Gasteiger partial charge on any atom is 0.251 e. The van der Waals surface area contributed by atoms with Crippen molar-refractivity contribution >= 4 is 28.5 Å². The number of imidazole rings is 1. The highest BCUT2D eigenvalue weighted by Crippen LogP contribution is 2.23. The number of nitrogens with one attached hydrogen (secondary N) is 2. The fourth-order valence-electron chi connectivity index (χ4n) is 2.00. The lowest BCUT2D eigenvalue weighted by molar-refractivity contribution is 0.0950. The van der Waals surface area contributed by atoms with Crippen molar-refractivity contribution in [2.45, 2.75) is 6.54 Å². The van der Waals surface area contributed by atoms with Crippen LogP contribution in [0.5, 0.6) is 5.75 Å². The van der Waals surface area contributed by atoms with Gasteiger partial charge in [0.15, 0.2) is 0 Å². The molecule has 3 aromatic rings. The van der Waals surface area contributed by atoms with Crippen LogP contribution < -0.4 is 5.32 Å². The van der Waals surface area contributed by atoms with Gasteiger partial charge in [0.25, 0.3) is 5.91 Å². The molecule has 1 aromatic heterocycles. The van der Waals surface area contributed by atoms with Crippen molar-refractivity contribution in [1.82, 2.24) is 15.3 Å². The lowest BCUT2D eigenvalue weighted by Crippen LogP contribution is -2.23. The molecular formula is C15H12ClN3O2. The highest BCUT2D eigenvalue weighted by Gasteiger charge is 2.09. The summed E-state index contributed by atoms with van der Waals surface area (Å²) in [6.45, 7) is 0.284. The average Bonchev–Trinajstić information content (AvgIpc) is 2.90. The summed E-state index contributed by atoms with van der Waals surface area (Å²) in [4.78, 5) is 19.5. The van der Waals surface area contributed by atoms with E-state index in [2.05, 4.69) is 15.3 Å². The van der Waals surface area contributed by atoms with Crippen LogP contribution >= 0.6 is 11.6 Å². The first-order chi connectivity index (χ1) is 10.1. The number of hydrogen-bond donors (Lipinski definition) is 3. The number of aromatic hydroxyl groups is 1. The summed E-state index contributed by atoms with van der Waals surface area (Å²) in [5.74, 6) is 0.345. The van der Waals surface area contributed by atoms with Gasteiger partial charge < -0.3 is 15.4 Å². The minimum absolute atomic E-state index is 0.0505. The van der Waals surface area contributed by atoms with Gasteiger partial charge in [-0.05, 0) is 30.3 Å². The summed E-state index contributed by atoms with van der Waals surface area (Å²) in [5, 5.41) is 12.2. The predicted octanol–water partition coefficient (Wildman–Crippen LogP) is 2.85. The molecule has 0 saturated carbocycles. The first-order valence-corrected chi connectivity index (χ1v) is 6.71. The third-order valence-electron chi connectivity index (χ3n) is 3.06. The molecule has 1 amide bonds. The highest BCUT2D eigenvalue weighted by atomic mass is 35.5. The lowest BCUT2D eigenvalue weighted by Gasteiger charge is -2.04. The fraction of sp³-hybridized carbons (Fsp3) is 0.0667. The molecule has 5 nitrogen and oxygen atoms in total. The van der Waals surface area contributed by atoms with Crippen LogP contribution in [0.1, 0.15) is 16.2 Å². The topological polar surface area (TPSA) is 78.0 Å². The Hall–Kier alpha value is -2.53. The van der Waals surface area contributed by atoms with Gasteiger partial charge >= 0.3 is 0 Å². The van der Waals surface area contributed by atoms with E-state index in [1.54, 1.807) is 0 Å². The molecule has 0 unspecified atom stereocenters. The Morgan fingerprint density at radius 1 is 1.29 bits per heavy atom. The van der Waals surface area contributed by atoms with Crippen LogP contribution in [0.15, 0.2) is 42.5 Å². The summed E-state index contributed by atoms with van der Waals surface area (Å²) in [5.41, 5.74) is 2.16. The highest BCUT2D eigenvalue weighted by molar-refractivity contribution is 6.32. The van der Waals surface area contributed by atoms with Gasteiger partial charge in [0.1, 0.15) is 11.6 Å². The first kappa shape index (κ1) is 13.5. The third-order valence-corrected chi connectivity index (χ3v) is 3.37. The molecule has 3 rings (SSSR count). The van der Waals surface area contributed by atoms with E-state index in [-0.39, 0.29) is 23.2 Å². The van der Waals surface area contributed by atoms with Crippen LogP contribution in [0, 0.1) is 0 Å². The molecule has 6 heteroatoms. The number of amides is 1. The molecular weight excluding hydrogens is 290 g/mol. The molecule has 0 aliphatic heterocycles. The van der Waals surface area contributed by atoms with Crippen molar-refractivity contribution in [3.8, 4) is 5.75 Å². The second-order valence-electron chi connectivity index (χ2n) is 4.55. The van der Waals surface area contributed by atoms with Crippen LogP contribution in [0.2, 0.25) is 5.02 Å². The Bertz CT molecular complexity index is 781. The van der Waals surface area contributed by atoms with Gasteiger partial charge in [0, 0.05) is 5.56 Å². The molecule has 2 aromatic carbocycles. The van der Waals surface area contributed by atoms with E-state index in [1.807, 2.05) is 24.3 Å². The molecule has 0 aliphatic rings. The number of aromatic amines is 1. The third kappa shape index (κ3) is 2.83. The van der Waals surface area contributed by atoms with Gasteiger partial charge in [0.2, 0.25) is 0 Å². The number of halogens is 1. The quantitative estimate of drug-likeness (QED) is 0.696. The monoisotopic (exact) mass is 301 g/mol. The fourth-order valence-corrected chi connectivity index (χ4v) is 2.18. The maximum atomic E-state index is 12.0. The largest absolute Gasteiger partial charge is 0.506 e. The van der Waals surface area contributed by atoms with Crippen molar-refractivity contribution in [1.29, 1.82) is 0 Å². The Morgan fingerprint density at radius 3 is 2.86 bits per heavy atom. The number of phenolic OH excluding ortho intramolecular Hbond substituents is 1. The molecule has 0 saturated heterocycles. The van der Waals surface area contributed by atoms with Crippen LogP contribution in [-0.4, -0.2) is 21.0 Å². The number of nitrogens with zero attached hydrogens (tertiary/aromatic N) is 1. The van der Waals surface area contributed by atoms with Crippen LogP contribution in [-0.2, 0) is 6.54 Å². The van der Waals surface area contributed by atoms with E-state index in [1.165, 1.54) is 18.2 Å². The smallest absolute Gasteiger partial charge is 0.251 e. The number of hydrogen-bond acceptors (Lipinski definition) is 3. The van der Waals surface area contributed by atoms with Crippen molar-refractivity contribution in [3.63, 3.8) is 0 Å². The Balaban J connectivity index is 1.71. The number of carbonyl (C=O) groups is 1. The van der Waals surface area contributed by atoms with Gasteiger partial charge in [-0.25, -0.2) is 4.98 Å². The van der Waals surface area contributed by atoms with E-state index >= 15 is 0 Å². The van der Waals surface area contributed by atoms with Gasteiger partial charge in [0.05, 0.1) is 22.6 Å². The minimum Gasteiger partial charge on any atom is -0.506 e. The minimum atomic E-state index is -0.280. The Kier molecular flexibility index (Phi) is 3.50. The van der Waals surface area contributed by atoms with Crippen LogP contribution in [0.3, 0.4) is 0 Å². The average molecular weight is 302 g/mol. The number of fused-ring (bicyclic) bond motifs is 1. The van der Waals surface area contributed by atoms with E-state index in [4.69, 9.17) is 11.6 Å². The number of para-hydroxylation sites is 2. The van der Waals surface area contributed by atoms with Crippen molar-refractivity contribution in [2.24, 2.45) is 0 Å². The molecule has 106 valence electrons. The zero-order valence-electron chi connectivity index (χ0n) is 10.9. The predicted molar refractivity (Wildman–Crippen MR) is 80.4 cm³/mol. The van der Waals surface area contributed by atoms with E-state index < -0.39 is 0 Å². The summed E-state index contributed by atoms with van der Waals surface area (Å²) in [6.07, 6.45) is 0. The molecule has 0 atom stereocenters. The number of H-pyrrole nitrogens is 1. The second-order valence-corrected chi connectivity index (χ2v) is 4.96. The van der Waals surface area contributed by atoms with Crippen molar-refractivity contribution in [2.75, 3.05) is 0 Å². The molecule has 21 heavy (non-hydrogen) atoms. The second kappa shape index (κ2) is 5.46. The molecule has 0 bridgehead atoms. The maximum absolute atomic E-state index is 12.0. The van der Waals surface area contributed by atoms with Crippen molar-refractivity contribution in [3.05, 3.63) is 58.9 Å². The molecule has 3 N–H and O–H groups in total. The lowest BCUT2D eigenvalue weighted by atomic mass is 10.2. The first-order valence-electron chi connectivity index (χ1n) is 6.34. The summed E-state index contributed by atoms with van der Waals surface area (Å²) in [7, 11) is 0. The number of rotatable bonds is 3. The number of aromatic nitrogens is 2. The van der Waals surface area contributed by atoms with Crippen LogP contribution in [0.25, 0.3) is 11.0 Å². The molecule has 0 spiro atoms. The molecule has 0 radical (unpaired) electrons. The number of phenols is 1. The van der Waals surface area contributed by atoms with E-state index in [0.29, 0.717) is 11.4 Å². The SMILES string of the molecule is O=C(NCc1nc2ccccc2[nH]1)c1ccc(O)c(Cl)c1. The summed E-state index contributed by atoms with van der Waals surface area (Å²) in [6, 6.07) is 12.0. The molecule has 1 heterocycles. The summed E-state index contributed by atoms with van der Waals surface area (Å²) < 4.78 is 0. The summed E-state index contributed by atoms with van der Waals surface area (Å²) >= 11 is 5.78. The zero-order valence-corrected chi connectivity index (χ0v) is 11.7. The molecule has 0 fully saturated rings. The number of carbonyl (C=O) groups excluding carboxylic acids is 1. The van der Waals surface area contributed by atoms with Gasteiger partial charge in [-0.15, -0.1) is 0 Å². The Labute approximate surface area is 125 Å². The van der Waals surface area contributed by atoms with E-state index in [0.717, 1.165) is 11.0 Å². The van der Waals surface area contributed by atoms with Gasteiger partial charge in [-0.3, -0.25) is 4.79 Å². The van der Waals surface area contributed by atoms with E-state index in [9.17, 15) is 9.90 Å². The van der Waals surface area contributed by atoms with Gasteiger partial charge in [-0.2, -0.15) is 0 Å². The normalized spacial score (nSPS) is 10.7.